The van der Waals surface area contributed by atoms with Crippen molar-refractivity contribution in [2.75, 3.05) is 52.5 Å². The lowest BCUT2D eigenvalue weighted by Gasteiger charge is -2.31. The molecule has 8 heteroatoms. The molecule has 7 nitrogen and oxygen atoms in total. The molecule has 33 heavy (non-hydrogen) atoms. The lowest BCUT2D eigenvalue weighted by Crippen LogP contribution is -2.48. The zero-order chi connectivity index (χ0) is 22.2. The number of carbonyl (C=O) groups excluding carboxylic acids is 1. The minimum absolute atomic E-state index is 0.197. The van der Waals surface area contributed by atoms with E-state index >= 15 is 0 Å². The van der Waals surface area contributed by atoms with E-state index in [1.807, 2.05) is 35.2 Å². The highest BCUT2D eigenvalue weighted by Crippen LogP contribution is 2.34. The van der Waals surface area contributed by atoms with Crippen LogP contribution < -0.4 is 4.74 Å². The molecule has 3 aliphatic rings. The molecule has 0 radical (unpaired) electrons. The highest BCUT2D eigenvalue weighted by atomic mass is 32.1. The van der Waals surface area contributed by atoms with Crippen molar-refractivity contribution >= 4 is 27.6 Å². The Labute approximate surface area is 197 Å². The standard InChI is InChI=1S/C25H28N4O3S/c30-25(28-9-11-31-12-10-28)29-16-19-14-27(15-20(19)17-29)13-18-5-7-21(8-6-18)32-24-26-22-3-1-2-4-23(22)33-24/h1-8,19-20H,9-17H2. The van der Waals surface area contributed by atoms with Gasteiger partial charge in [-0.1, -0.05) is 35.6 Å². The second-order valence-electron chi connectivity index (χ2n) is 9.19. The lowest BCUT2D eigenvalue weighted by atomic mass is 10.0. The summed E-state index contributed by atoms with van der Waals surface area (Å²) in [4.78, 5) is 23.9. The molecule has 0 aliphatic carbocycles. The van der Waals surface area contributed by atoms with Gasteiger partial charge in [-0.2, -0.15) is 0 Å². The molecule has 0 N–H and O–H groups in total. The fourth-order valence-electron chi connectivity index (χ4n) is 5.25. The van der Waals surface area contributed by atoms with Crippen LogP contribution >= 0.6 is 11.3 Å². The molecule has 3 aromatic rings. The van der Waals surface area contributed by atoms with Crippen molar-refractivity contribution in [2.45, 2.75) is 6.54 Å². The van der Waals surface area contributed by atoms with Crippen LogP contribution in [0.5, 0.6) is 10.9 Å². The average Bonchev–Trinajstić information content (AvgIpc) is 3.53. The average molecular weight is 465 g/mol. The summed E-state index contributed by atoms with van der Waals surface area (Å²) in [5.41, 5.74) is 2.26. The minimum atomic E-state index is 0.197. The quantitative estimate of drug-likeness (QED) is 0.586. The maximum atomic E-state index is 12.8. The van der Waals surface area contributed by atoms with E-state index in [2.05, 4.69) is 33.0 Å². The predicted molar refractivity (Wildman–Crippen MR) is 128 cm³/mol. The number of carbonyl (C=O) groups is 1. The van der Waals surface area contributed by atoms with Crippen molar-refractivity contribution in [3.8, 4) is 10.9 Å². The topological polar surface area (TPSA) is 58.1 Å². The fraction of sp³-hybridized carbons (Fsp3) is 0.440. The van der Waals surface area contributed by atoms with Crippen LogP contribution in [0.15, 0.2) is 48.5 Å². The number of benzene rings is 2. The van der Waals surface area contributed by atoms with Crippen molar-refractivity contribution in [1.82, 2.24) is 19.7 Å². The first kappa shape index (κ1) is 20.9. The van der Waals surface area contributed by atoms with Gasteiger partial charge in [-0.3, -0.25) is 4.90 Å². The second kappa shape index (κ2) is 8.93. The van der Waals surface area contributed by atoms with Crippen LogP contribution in [0, 0.1) is 11.8 Å². The Hall–Kier alpha value is -2.68. The molecule has 0 spiro atoms. The number of aromatic nitrogens is 1. The Morgan fingerprint density at radius 2 is 1.70 bits per heavy atom. The first-order chi connectivity index (χ1) is 16.2. The van der Waals surface area contributed by atoms with Gasteiger partial charge in [-0.05, 0) is 41.7 Å². The predicted octanol–water partition coefficient (Wildman–Crippen LogP) is 3.90. The van der Waals surface area contributed by atoms with E-state index in [9.17, 15) is 4.79 Å². The van der Waals surface area contributed by atoms with Crippen LogP contribution in [0.25, 0.3) is 10.2 Å². The molecule has 1 aromatic heterocycles. The Bertz CT molecular complexity index is 1080. The minimum Gasteiger partial charge on any atom is -0.431 e. The monoisotopic (exact) mass is 464 g/mol. The number of nitrogens with zero attached hydrogens (tertiary/aromatic N) is 4. The summed E-state index contributed by atoms with van der Waals surface area (Å²) in [5.74, 6) is 1.97. The lowest BCUT2D eigenvalue weighted by molar-refractivity contribution is 0.0443. The normalized spacial score (nSPS) is 23.3. The smallest absolute Gasteiger partial charge is 0.320 e. The summed E-state index contributed by atoms with van der Waals surface area (Å²) < 4.78 is 12.5. The molecule has 2 unspecified atom stereocenters. The Kier molecular flexibility index (Phi) is 5.65. The largest absolute Gasteiger partial charge is 0.431 e. The number of thiazole rings is 1. The van der Waals surface area contributed by atoms with Crippen LogP contribution in [-0.2, 0) is 11.3 Å². The molecule has 3 saturated heterocycles. The highest BCUT2D eigenvalue weighted by molar-refractivity contribution is 7.20. The summed E-state index contributed by atoms with van der Waals surface area (Å²) in [6.45, 7) is 7.56. The Morgan fingerprint density at radius 3 is 2.42 bits per heavy atom. The maximum absolute atomic E-state index is 12.8. The molecule has 0 saturated carbocycles. The van der Waals surface area contributed by atoms with Crippen molar-refractivity contribution in [3.63, 3.8) is 0 Å². The molecule has 2 aromatic carbocycles. The molecule has 2 amide bonds. The molecule has 172 valence electrons. The summed E-state index contributed by atoms with van der Waals surface area (Å²) >= 11 is 1.56. The van der Waals surface area contributed by atoms with E-state index in [0.717, 1.165) is 61.8 Å². The number of hydrogen-bond donors (Lipinski definition) is 0. The van der Waals surface area contributed by atoms with Gasteiger partial charge in [0.05, 0.1) is 23.4 Å². The fourth-order valence-corrected chi connectivity index (χ4v) is 6.08. The number of fused-ring (bicyclic) bond motifs is 2. The number of para-hydroxylation sites is 1. The zero-order valence-corrected chi connectivity index (χ0v) is 19.4. The Morgan fingerprint density at radius 1 is 0.970 bits per heavy atom. The third kappa shape index (κ3) is 4.43. The van der Waals surface area contributed by atoms with Crippen LogP contribution in [0.3, 0.4) is 0 Å². The number of morpholine rings is 1. The molecular weight excluding hydrogens is 436 g/mol. The zero-order valence-electron chi connectivity index (χ0n) is 18.6. The SMILES string of the molecule is O=C(N1CCOCC1)N1CC2CN(Cc3ccc(Oc4nc5ccccc5s4)cc3)CC2C1. The van der Waals surface area contributed by atoms with Gasteiger partial charge in [0.1, 0.15) is 5.75 Å². The van der Waals surface area contributed by atoms with Crippen LogP contribution in [0.4, 0.5) is 4.79 Å². The third-order valence-electron chi connectivity index (χ3n) is 6.92. The van der Waals surface area contributed by atoms with Crippen molar-refractivity contribution in [3.05, 3.63) is 54.1 Å². The van der Waals surface area contributed by atoms with Gasteiger partial charge >= 0.3 is 6.03 Å². The highest BCUT2D eigenvalue weighted by Gasteiger charge is 2.42. The van der Waals surface area contributed by atoms with Gasteiger partial charge in [0, 0.05) is 45.8 Å². The van der Waals surface area contributed by atoms with E-state index in [1.54, 1.807) is 11.3 Å². The van der Waals surface area contributed by atoms with E-state index in [-0.39, 0.29) is 6.03 Å². The molecule has 3 aliphatic heterocycles. The summed E-state index contributed by atoms with van der Waals surface area (Å²) in [5, 5.41) is 0.674. The van der Waals surface area contributed by atoms with Crippen LogP contribution in [0.2, 0.25) is 0 Å². The summed E-state index contributed by atoms with van der Waals surface area (Å²) in [6, 6.07) is 16.6. The number of hydrogen-bond acceptors (Lipinski definition) is 6. The third-order valence-corrected chi connectivity index (χ3v) is 7.84. The van der Waals surface area contributed by atoms with Gasteiger partial charge in [0.15, 0.2) is 0 Å². The van der Waals surface area contributed by atoms with Gasteiger partial charge in [0.2, 0.25) is 0 Å². The number of urea groups is 1. The van der Waals surface area contributed by atoms with E-state index in [1.165, 1.54) is 5.56 Å². The second-order valence-corrected chi connectivity index (χ2v) is 10.2. The molecule has 3 fully saturated rings. The Balaban J connectivity index is 1.01. The van der Waals surface area contributed by atoms with Crippen molar-refractivity contribution in [2.24, 2.45) is 11.8 Å². The van der Waals surface area contributed by atoms with Crippen LogP contribution in [0.1, 0.15) is 5.56 Å². The van der Waals surface area contributed by atoms with Crippen LogP contribution in [-0.4, -0.2) is 78.2 Å². The molecule has 0 bridgehead atoms. The summed E-state index contributed by atoms with van der Waals surface area (Å²) in [7, 11) is 0. The maximum Gasteiger partial charge on any atom is 0.320 e. The molecule has 4 heterocycles. The molecule has 6 rings (SSSR count). The van der Waals surface area contributed by atoms with E-state index in [4.69, 9.17) is 9.47 Å². The first-order valence-corrected chi connectivity index (χ1v) is 12.5. The van der Waals surface area contributed by atoms with Gasteiger partial charge in [-0.15, -0.1) is 0 Å². The van der Waals surface area contributed by atoms with Crippen molar-refractivity contribution < 1.29 is 14.3 Å². The number of ether oxygens (including phenoxy) is 2. The van der Waals surface area contributed by atoms with Crippen molar-refractivity contribution in [1.29, 1.82) is 0 Å². The number of amides is 2. The first-order valence-electron chi connectivity index (χ1n) is 11.7. The van der Waals surface area contributed by atoms with Gasteiger partial charge < -0.3 is 19.3 Å². The number of rotatable bonds is 4. The molecule has 2 atom stereocenters. The van der Waals surface area contributed by atoms with Gasteiger partial charge in [-0.25, -0.2) is 9.78 Å². The van der Waals surface area contributed by atoms with Gasteiger partial charge in [0.25, 0.3) is 5.19 Å². The number of likely N-dealkylation sites (tertiary alicyclic amines) is 2. The van der Waals surface area contributed by atoms with E-state index in [0.29, 0.717) is 30.2 Å². The molecular formula is C25H28N4O3S. The summed E-state index contributed by atoms with van der Waals surface area (Å²) in [6.07, 6.45) is 0. The van der Waals surface area contributed by atoms with E-state index < -0.39 is 0 Å².